The second-order valence-corrected chi connectivity index (χ2v) is 5.80. The van der Waals surface area contributed by atoms with Crippen LogP contribution in [0, 0.1) is 0 Å². The van der Waals surface area contributed by atoms with Crippen molar-refractivity contribution in [2.45, 2.75) is 37.1 Å². The topological polar surface area (TPSA) is 32.3 Å². The van der Waals surface area contributed by atoms with Crippen LogP contribution in [0.25, 0.3) is 0 Å². The molecule has 2 aliphatic rings. The normalized spacial score (nSPS) is 21.1. The van der Waals surface area contributed by atoms with Gasteiger partial charge in [-0.25, -0.2) is 0 Å². The Morgan fingerprint density at radius 3 is 2.30 bits per heavy atom. The highest BCUT2D eigenvalue weighted by Gasteiger charge is 2.53. The highest BCUT2D eigenvalue weighted by Crippen LogP contribution is 2.49. The number of hydrogen-bond acceptors (Lipinski definition) is 2. The quantitative estimate of drug-likeness (QED) is 0.928. The molecule has 2 fully saturated rings. The van der Waals surface area contributed by atoms with Crippen LogP contribution in [0.4, 0.5) is 0 Å². The molecule has 0 aromatic heterocycles. The molecule has 0 radical (unpaired) electrons. The smallest absolute Gasteiger partial charge is 0.233 e. The summed E-state index contributed by atoms with van der Waals surface area (Å²) >= 11 is 0. The summed E-state index contributed by atoms with van der Waals surface area (Å²) in [5, 5.41) is 3.31. The van der Waals surface area contributed by atoms with Crippen LogP contribution < -0.4 is 5.32 Å². The van der Waals surface area contributed by atoms with Gasteiger partial charge in [0.15, 0.2) is 0 Å². The lowest BCUT2D eigenvalue weighted by Gasteiger charge is -2.34. The lowest BCUT2D eigenvalue weighted by molar-refractivity contribution is -0.135. The first kappa shape index (κ1) is 15.3. The third-order valence-electron chi connectivity index (χ3n) is 4.68. The molecule has 1 aromatic rings. The number of carbonyl (C=O) groups is 1. The number of piperidine rings is 1. The number of rotatable bonds is 3. The number of likely N-dealkylation sites (tertiary alicyclic amines) is 1. The highest BCUT2D eigenvalue weighted by molar-refractivity contribution is 5.91. The van der Waals surface area contributed by atoms with Gasteiger partial charge in [0.2, 0.25) is 5.91 Å². The molecular weight excluding hydrogens is 272 g/mol. The van der Waals surface area contributed by atoms with Crippen LogP contribution in [0.2, 0.25) is 0 Å². The van der Waals surface area contributed by atoms with Crippen LogP contribution in [0.3, 0.4) is 0 Å². The Bertz CT molecular complexity index is 451. The van der Waals surface area contributed by atoms with Crippen LogP contribution in [0.5, 0.6) is 0 Å². The third kappa shape index (κ3) is 2.70. The van der Waals surface area contributed by atoms with Gasteiger partial charge in [0.25, 0.3) is 0 Å². The van der Waals surface area contributed by atoms with Gasteiger partial charge < -0.3 is 10.2 Å². The van der Waals surface area contributed by atoms with E-state index >= 15 is 0 Å². The van der Waals surface area contributed by atoms with Crippen molar-refractivity contribution < 1.29 is 4.79 Å². The Morgan fingerprint density at radius 2 is 1.80 bits per heavy atom. The Morgan fingerprint density at radius 1 is 1.20 bits per heavy atom. The van der Waals surface area contributed by atoms with Crippen molar-refractivity contribution in [3.8, 4) is 0 Å². The van der Waals surface area contributed by atoms with E-state index in [4.69, 9.17) is 0 Å². The van der Waals surface area contributed by atoms with Crippen molar-refractivity contribution in [1.82, 2.24) is 10.2 Å². The van der Waals surface area contributed by atoms with Crippen molar-refractivity contribution in [2.75, 3.05) is 20.1 Å². The van der Waals surface area contributed by atoms with Gasteiger partial charge in [-0.2, -0.15) is 0 Å². The Labute approximate surface area is 127 Å². The summed E-state index contributed by atoms with van der Waals surface area (Å²) in [6.45, 7) is 1.80. The number of hydrogen-bond donors (Lipinski definition) is 1. The Kier molecular flexibility index (Phi) is 4.71. The standard InChI is InChI=1S/C16H22N2O.ClH/c1-17-14-7-11-18(12-8-14)15(19)16(9-10-16)13-5-3-2-4-6-13;/h2-6,14,17H,7-12H2,1H3;1H. The molecule has 1 N–H and O–H groups in total. The monoisotopic (exact) mass is 294 g/mol. The van der Waals surface area contributed by atoms with E-state index in [0.29, 0.717) is 11.9 Å². The molecule has 0 bridgehead atoms. The summed E-state index contributed by atoms with van der Waals surface area (Å²) in [4.78, 5) is 14.9. The first-order valence-corrected chi connectivity index (χ1v) is 7.28. The summed E-state index contributed by atoms with van der Waals surface area (Å²) < 4.78 is 0. The zero-order chi connectivity index (χ0) is 13.3. The van der Waals surface area contributed by atoms with E-state index in [0.717, 1.165) is 38.8 Å². The molecule has 0 unspecified atom stereocenters. The second-order valence-electron chi connectivity index (χ2n) is 5.80. The number of nitrogens with zero attached hydrogens (tertiary/aromatic N) is 1. The fourth-order valence-electron chi connectivity index (χ4n) is 3.18. The van der Waals surface area contributed by atoms with Crippen molar-refractivity contribution in [1.29, 1.82) is 0 Å². The molecule has 1 aromatic carbocycles. The molecule has 1 amide bonds. The first-order valence-electron chi connectivity index (χ1n) is 7.28. The largest absolute Gasteiger partial charge is 0.342 e. The summed E-state index contributed by atoms with van der Waals surface area (Å²) in [7, 11) is 2.01. The molecule has 1 aliphatic carbocycles. The number of halogens is 1. The second kappa shape index (κ2) is 6.15. The number of nitrogens with one attached hydrogen (secondary N) is 1. The van der Waals surface area contributed by atoms with E-state index in [9.17, 15) is 4.79 Å². The van der Waals surface area contributed by atoms with Crippen LogP contribution >= 0.6 is 12.4 Å². The van der Waals surface area contributed by atoms with Gasteiger partial charge in [-0.1, -0.05) is 30.3 Å². The molecule has 1 saturated heterocycles. The molecule has 0 atom stereocenters. The Hall–Kier alpha value is -1.06. The van der Waals surface area contributed by atoms with Crippen molar-refractivity contribution in [3.63, 3.8) is 0 Å². The maximum Gasteiger partial charge on any atom is 0.233 e. The van der Waals surface area contributed by atoms with Gasteiger partial charge in [-0.3, -0.25) is 4.79 Å². The molecule has 3 nitrogen and oxygen atoms in total. The first-order chi connectivity index (χ1) is 9.26. The highest BCUT2D eigenvalue weighted by atomic mass is 35.5. The minimum Gasteiger partial charge on any atom is -0.342 e. The van der Waals surface area contributed by atoms with E-state index in [1.807, 2.05) is 25.2 Å². The fourth-order valence-corrected chi connectivity index (χ4v) is 3.18. The maximum absolute atomic E-state index is 12.8. The van der Waals surface area contributed by atoms with Gasteiger partial charge in [-0.15, -0.1) is 12.4 Å². The number of benzene rings is 1. The van der Waals surface area contributed by atoms with E-state index in [1.54, 1.807) is 0 Å². The SMILES string of the molecule is CNC1CCN(C(=O)C2(c3ccccc3)CC2)CC1.Cl. The molecule has 0 spiro atoms. The number of carbonyl (C=O) groups excluding carboxylic acids is 1. The summed E-state index contributed by atoms with van der Waals surface area (Å²) in [5.41, 5.74) is 1.02. The fraction of sp³-hybridized carbons (Fsp3) is 0.562. The minimum atomic E-state index is -0.187. The molecule has 1 aliphatic heterocycles. The van der Waals surface area contributed by atoms with Crippen LogP contribution in [0.1, 0.15) is 31.2 Å². The summed E-state index contributed by atoms with van der Waals surface area (Å²) in [6.07, 6.45) is 4.18. The zero-order valence-corrected chi connectivity index (χ0v) is 12.8. The summed E-state index contributed by atoms with van der Waals surface area (Å²) in [6, 6.07) is 10.9. The van der Waals surface area contributed by atoms with E-state index < -0.39 is 0 Å². The number of amides is 1. The van der Waals surface area contributed by atoms with Gasteiger partial charge in [-0.05, 0) is 38.3 Å². The average Bonchev–Trinajstić information content (AvgIpc) is 3.29. The zero-order valence-electron chi connectivity index (χ0n) is 12.0. The predicted octanol–water partition coefficient (Wildman–Crippen LogP) is 2.35. The molecule has 20 heavy (non-hydrogen) atoms. The average molecular weight is 295 g/mol. The molecule has 110 valence electrons. The third-order valence-corrected chi connectivity index (χ3v) is 4.68. The Balaban J connectivity index is 0.00000147. The van der Waals surface area contributed by atoms with Gasteiger partial charge in [0.05, 0.1) is 5.41 Å². The van der Waals surface area contributed by atoms with Gasteiger partial charge >= 0.3 is 0 Å². The lowest BCUT2D eigenvalue weighted by Crippen LogP contribution is -2.47. The molecule has 3 rings (SSSR count). The molecule has 4 heteroatoms. The van der Waals surface area contributed by atoms with E-state index in [2.05, 4.69) is 22.3 Å². The van der Waals surface area contributed by atoms with Crippen molar-refractivity contribution >= 4 is 18.3 Å². The minimum absolute atomic E-state index is 0. The van der Waals surface area contributed by atoms with Crippen LogP contribution in [0.15, 0.2) is 30.3 Å². The molecular formula is C16H23ClN2O. The van der Waals surface area contributed by atoms with E-state index in [1.165, 1.54) is 5.56 Å². The lowest BCUT2D eigenvalue weighted by atomic mass is 9.93. The van der Waals surface area contributed by atoms with Crippen molar-refractivity contribution in [3.05, 3.63) is 35.9 Å². The maximum atomic E-state index is 12.8. The summed E-state index contributed by atoms with van der Waals surface area (Å²) in [5.74, 6) is 0.355. The van der Waals surface area contributed by atoms with Gasteiger partial charge in [0, 0.05) is 19.1 Å². The van der Waals surface area contributed by atoms with Crippen molar-refractivity contribution in [2.24, 2.45) is 0 Å². The molecule has 1 saturated carbocycles. The van der Waals surface area contributed by atoms with Crippen LogP contribution in [-0.4, -0.2) is 37.0 Å². The van der Waals surface area contributed by atoms with Gasteiger partial charge in [0.1, 0.15) is 0 Å². The van der Waals surface area contributed by atoms with Crippen LogP contribution in [-0.2, 0) is 10.2 Å². The predicted molar refractivity (Wildman–Crippen MR) is 83.3 cm³/mol. The van der Waals surface area contributed by atoms with E-state index in [-0.39, 0.29) is 17.8 Å². The molecule has 1 heterocycles.